The number of aromatic nitrogens is 2. The van der Waals surface area contributed by atoms with Gasteiger partial charge in [-0.2, -0.15) is 5.10 Å². The van der Waals surface area contributed by atoms with Gasteiger partial charge in [-0.15, -0.1) is 0 Å². The fraction of sp³-hybridized carbons (Fsp3) is 0.471. The van der Waals surface area contributed by atoms with E-state index in [9.17, 15) is 0 Å². The molecule has 3 nitrogen and oxygen atoms in total. The van der Waals surface area contributed by atoms with Gasteiger partial charge < -0.3 is 5.32 Å². The second-order valence-electron chi connectivity index (χ2n) is 5.78. The number of aryl methyl sites for hydroxylation is 2. The molecule has 0 fully saturated rings. The maximum absolute atomic E-state index is 4.45. The van der Waals surface area contributed by atoms with E-state index >= 15 is 0 Å². The van der Waals surface area contributed by atoms with Crippen LogP contribution in [-0.4, -0.2) is 22.4 Å². The quantitative estimate of drug-likeness (QED) is 0.875. The van der Waals surface area contributed by atoms with E-state index in [4.69, 9.17) is 0 Å². The van der Waals surface area contributed by atoms with Gasteiger partial charge in [0.2, 0.25) is 0 Å². The summed E-state index contributed by atoms with van der Waals surface area (Å²) in [5, 5.41) is 8.01. The van der Waals surface area contributed by atoms with Crippen molar-refractivity contribution in [3.63, 3.8) is 0 Å². The summed E-state index contributed by atoms with van der Waals surface area (Å²) < 4.78 is 2.00. The van der Waals surface area contributed by atoms with Crippen LogP contribution in [0.4, 0.5) is 0 Å². The Balaban J connectivity index is 2.16. The minimum absolute atomic E-state index is 0.480. The Labute approximate surface area is 122 Å². The van der Waals surface area contributed by atoms with Crippen molar-refractivity contribution in [2.75, 3.05) is 6.54 Å². The van der Waals surface area contributed by atoms with Crippen molar-refractivity contribution in [1.29, 1.82) is 0 Å². The summed E-state index contributed by atoms with van der Waals surface area (Å²) in [6, 6.07) is 13.4. The Morgan fingerprint density at radius 1 is 1.20 bits per heavy atom. The van der Waals surface area contributed by atoms with Gasteiger partial charge in [-0.3, -0.25) is 4.68 Å². The summed E-state index contributed by atoms with van der Waals surface area (Å²) in [4.78, 5) is 0. The van der Waals surface area contributed by atoms with Gasteiger partial charge in [0.05, 0.1) is 5.69 Å². The molecular formula is C17H25N3. The normalized spacial score (nSPS) is 12.8. The maximum atomic E-state index is 4.45. The number of nitrogens with zero attached hydrogens (tertiary/aromatic N) is 2. The smallest absolute Gasteiger partial charge is 0.0596 e. The summed E-state index contributed by atoms with van der Waals surface area (Å²) in [5.74, 6) is 0.480. The van der Waals surface area contributed by atoms with E-state index in [1.54, 1.807) is 0 Å². The standard InChI is InChI=1S/C17H25N3/c1-13(2)18-12-16(15-8-6-5-7-9-15)11-17-10-14(3)19-20(17)4/h5-10,13,16,18H,11-12H2,1-4H3. The average molecular weight is 271 g/mol. The zero-order valence-electron chi connectivity index (χ0n) is 12.9. The zero-order chi connectivity index (χ0) is 14.5. The van der Waals surface area contributed by atoms with Crippen molar-refractivity contribution in [3.8, 4) is 0 Å². The Bertz CT molecular complexity index is 528. The first kappa shape index (κ1) is 14.8. The fourth-order valence-electron chi connectivity index (χ4n) is 2.52. The molecule has 1 unspecified atom stereocenters. The maximum Gasteiger partial charge on any atom is 0.0596 e. The fourth-order valence-corrected chi connectivity index (χ4v) is 2.52. The van der Waals surface area contributed by atoms with E-state index in [1.165, 1.54) is 11.3 Å². The third kappa shape index (κ3) is 3.94. The number of benzene rings is 1. The molecule has 1 heterocycles. The zero-order valence-corrected chi connectivity index (χ0v) is 12.9. The van der Waals surface area contributed by atoms with Gasteiger partial charge in [0.1, 0.15) is 0 Å². The highest BCUT2D eigenvalue weighted by molar-refractivity contribution is 5.23. The number of rotatable bonds is 6. The lowest BCUT2D eigenvalue weighted by Gasteiger charge is -2.20. The molecule has 0 saturated heterocycles. The van der Waals surface area contributed by atoms with Gasteiger partial charge in [0.25, 0.3) is 0 Å². The van der Waals surface area contributed by atoms with Crippen LogP contribution >= 0.6 is 0 Å². The van der Waals surface area contributed by atoms with Gasteiger partial charge in [-0.1, -0.05) is 44.2 Å². The lowest BCUT2D eigenvalue weighted by molar-refractivity contribution is 0.516. The highest BCUT2D eigenvalue weighted by atomic mass is 15.3. The van der Waals surface area contributed by atoms with Crippen LogP contribution in [0.25, 0.3) is 0 Å². The topological polar surface area (TPSA) is 29.9 Å². The van der Waals surface area contributed by atoms with E-state index in [2.05, 4.69) is 60.7 Å². The molecule has 0 aliphatic heterocycles. The number of nitrogens with one attached hydrogen (secondary N) is 1. The molecular weight excluding hydrogens is 246 g/mol. The molecule has 3 heteroatoms. The molecule has 1 aromatic heterocycles. The Hall–Kier alpha value is -1.61. The Morgan fingerprint density at radius 3 is 2.45 bits per heavy atom. The van der Waals surface area contributed by atoms with Crippen molar-refractivity contribution in [3.05, 3.63) is 53.3 Å². The highest BCUT2D eigenvalue weighted by Gasteiger charge is 2.15. The van der Waals surface area contributed by atoms with Gasteiger partial charge in [0.15, 0.2) is 0 Å². The summed E-state index contributed by atoms with van der Waals surface area (Å²) >= 11 is 0. The van der Waals surface area contributed by atoms with Crippen LogP contribution in [0.1, 0.15) is 36.7 Å². The molecule has 1 N–H and O–H groups in total. The molecule has 1 aromatic carbocycles. The van der Waals surface area contributed by atoms with Crippen LogP contribution in [0, 0.1) is 6.92 Å². The lowest BCUT2D eigenvalue weighted by Crippen LogP contribution is -2.29. The average Bonchev–Trinajstić information content (AvgIpc) is 2.73. The lowest BCUT2D eigenvalue weighted by atomic mass is 9.93. The van der Waals surface area contributed by atoms with Crippen molar-refractivity contribution < 1.29 is 0 Å². The Kier molecular flexibility index (Phi) is 4.96. The molecule has 0 aliphatic rings. The van der Waals surface area contributed by atoms with E-state index in [-0.39, 0.29) is 0 Å². The van der Waals surface area contributed by atoms with Gasteiger partial charge in [-0.25, -0.2) is 0 Å². The predicted octanol–water partition coefficient (Wildman–Crippen LogP) is 3.05. The van der Waals surface area contributed by atoms with Crippen molar-refractivity contribution in [2.45, 2.75) is 39.2 Å². The largest absolute Gasteiger partial charge is 0.314 e. The van der Waals surface area contributed by atoms with E-state index < -0.39 is 0 Å². The first-order valence-electron chi connectivity index (χ1n) is 7.34. The minimum Gasteiger partial charge on any atom is -0.314 e. The third-order valence-electron chi connectivity index (χ3n) is 3.60. The second kappa shape index (κ2) is 6.71. The molecule has 2 rings (SSSR count). The molecule has 0 spiro atoms. The van der Waals surface area contributed by atoms with Crippen LogP contribution in [0.2, 0.25) is 0 Å². The third-order valence-corrected chi connectivity index (χ3v) is 3.60. The molecule has 0 radical (unpaired) electrons. The van der Waals surface area contributed by atoms with E-state index in [0.29, 0.717) is 12.0 Å². The van der Waals surface area contributed by atoms with Crippen LogP contribution < -0.4 is 5.32 Å². The predicted molar refractivity (Wildman–Crippen MR) is 84.0 cm³/mol. The van der Waals surface area contributed by atoms with Crippen molar-refractivity contribution >= 4 is 0 Å². The highest BCUT2D eigenvalue weighted by Crippen LogP contribution is 2.20. The molecule has 2 aromatic rings. The molecule has 20 heavy (non-hydrogen) atoms. The molecule has 0 saturated carbocycles. The SMILES string of the molecule is Cc1cc(CC(CNC(C)C)c2ccccc2)n(C)n1. The summed E-state index contributed by atoms with van der Waals surface area (Å²) in [6.07, 6.45) is 1.01. The van der Waals surface area contributed by atoms with Crippen LogP contribution in [0.5, 0.6) is 0 Å². The van der Waals surface area contributed by atoms with Crippen molar-refractivity contribution in [2.24, 2.45) is 7.05 Å². The first-order valence-corrected chi connectivity index (χ1v) is 7.34. The molecule has 1 atom stereocenters. The second-order valence-corrected chi connectivity index (χ2v) is 5.78. The van der Waals surface area contributed by atoms with Crippen LogP contribution in [0.3, 0.4) is 0 Å². The van der Waals surface area contributed by atoms with Crippen LogP contribution in [0.15, 0.2) is 36.4 Å². The first-order chi connectivity index (χ1) is 9.56. The van der Waals surface area contributed by atoms with E-state index in [0.717, 1.165) is 18.7 Å². The summed E-state index contributed by atoms with van der Waals surface area (Å²) in [7, 11) is 2.03. The molecule has 108 valence electrons. The monoisotopic (exact) mass is 271 g/mol. The van der Waals surface area contributed by atoms with Crippen LogP contribution in [-0.2, 0) is 13.5 Å². The summed E-state index contributed by atoms with van der Waals surface area (Å²) in [6.45, 7) is 7.42. The number of hydrogen-bond donors (Lipinski definition) is 1. The molecule has 0 aliphatic carbocycles. The molecule has 0 bridgehead atoms. The van der Waals surface area contributed by atoms with Gasteiger partial charge in [0, 0.05) is 31.2 Å². The van der Waals surface area contributed by atoms with Gasteiger partial charge >= 0.3 is 0 Å². The minimum atomic E-state index is 0.480. The summed E-state index contributed by atoms with van der Waals surface area (Å²) in [5.41, 5.74) is 3.77. The Morgan fingerprint density at radius 2 is 1.90 bits per heavy atom. The van der Waals surface area contributed by atoms with Gasteiger partial charge in [-0.05, 0) is 25.0 Å². The van der Waals surface area contributed by atoms with E-state index in [1.807, 2.05) is 18.7 Å². The molecule has 0 amide bonds. The van der Waals surface area contributed by atoms with Crippen molar-refractivity contribution in [1.82, 2.24) is 15.1 Å². The number of hydrogen-bond acceptors (Lipinski definition) is 2.